The van der Waals surface area contributed by atoms with E-state index in [1.807, 2.05) is 6.92 Å². The van der Waals surface area contributed by atoms with Crippen LogP contribution in [-0.4, -0.2) is 24.4 Å². The quantitative estimate of drug-likeness (QED) is 0.461. The van der Waals surface area contributed by atoms with Crippen LogP contribution in [0.3, 0.4) is 0 Å². The van der Waals surface area contributed by atoms with Crippen LogP contribution in [0.2, 0.25) is 0 Å². The summed E-state index contributed by atoms with van der Waals surface area (Å²) >= 11 is 0. The SMILES string of the molecule is CCCCNC(=O)c1cccc([N+](=O)[O-])c1NC. The Kier molecular flexibility index (Phi) is 5.10. The topological polar surface area (TPSA) is 84.3 Å². The fourth-order valence-electron chi connectivity index (χ4n) is 1.62. The molecule has 18 heavy (non-hydrogen) atoms. The highest BCUT2D eigenvalue weighted by atomic mass is 16.6. The van der Waals surface area contributed by atoms with Gasteiger partial charge in [-0.25, -0.2) is 0 Å². The Morgan fingerprint density at radius 2 is 2.17 bits per heavy atom. The van der Waals surface area contributed by atoms with Crippen molar-refractivity contribution in [2.45, 2.75) is 19.8 Å². The van der Waals surface area contributed by atoms with Gasteiger partial charge in [0.25, 0.3) is 11.6 Å². The lowest BCUT2D eigenvalue weighted by Crippen LogP contribution is -2.25. The molecule has 0 aliphatic heterocycles. The van der Waals surface area contributed by atoms with Gasteiger partial charge in [0, 0.05) is 19.7 Å². The number of nitro groups is 1. The maximum absolute atomic E-state index is 11.9. The number of nitrogens with zero attached hydrogens (tertiary/aromatic N) is 1. The van der Waals surface area contributed by atoms with Gasteiger partial charge in [0.15, 0.2) is 0 Å². The lowest BCUT2D eigenvalue weighted by Gasteiger charge is -2.09. The van der Waals surface area contributed by atoms with Crippen LogP contribution in [0.5, 0.6) is 0 Å². The Morgan fingerprint density at radius 1 is 1.44 bits per heavy atom. The van der Waals surface area contributed by atoms with Gasteiger partial charge in [0.05, 0.1) is 10.5 Å². The van der Waals surface area contributed by atoms with E-state index in [0.717, 1.165) is 12.8 Å². The molecule has 6 heteroatoms. The number of benzene rings is 1. The summed E-state index contributed by atoms with van der Waals surface area (Å²) in [5, 5.41) is 16.3. The fourth-order valence-corrected chi connectivity index (χ4v) is 1.62. The van der Waals surface area contributed by atoms with E-state index in [2.05, 4.69) is 10.6 Å². The van der Waals surface area contributed by atoms with Gasteiger partial charge >= 0.3 is 0 Å². The standard InChI is InChI=1S/C12H17N3O3/c1-3-4-8-14-12(16)9-6-5-7-10(15(17)18)11(9)13-2/h5-7,13H,3-4,8H2,1-2H3,(H,14,16). The molecule has 0 aliphatic carbocycles. The Balaban J connectivity index is 2.97. The molecule has 0 unspecified atom stereocenters. The summed E-state index contributed by atoms with van der Waals surface area (Å²) in [5.41, 5.74) is 0.444. The molecule has 1 aromatic rings. The minimum Gasteiger partial charge on any atom is -0.382 e. The molecule has 0 spiro atoms. The van der Waals surface area contributed by atoms with Crippen LogP contribution in [0.25, 0.3) is 0 Å². The maximum Gasteiger partial charge on any atom is 0.293 e. The summed E-state index contributed by atoms with van der Waals surface area (Å²) in [5.74, 6) is -0.295. The molecule has 0 saturated carbocycles. The first kappa shape index (κ1) is 14.0. The zero-order chi connectivity index (χ0) is 13.5. The number of nitrogens with one attached hydrogen (secondary N) is 2. The number of carbonyl (C=O) groups is 1. The van der Waals surface area contributed by atoms with E-state index in [0.29, 0.717) is 12.1 Å². The number of hydrogen-bond donors (Lipinski definition) is 2. The van der Waals surface area contributed by atoms with Gasteiger partial charge in [-0.3, -0.25) is 14.9 Å². The number of unbranched alkanes of at least 4 members (excludes halogenated alkanes) is 1. The average molecular weight is 251 g/mol. The van der Waals surface area contributed by atoms with Crippen molar-refractivity contribution in [1.82, 2.24) is 5.32 Å². The molecule has 98 valence electrons. The van der Waals surface area contributed by atoms with E-state index in [4.69, 9.17) is 0 Å². The zero-order valence-electron chi connectivity index (χ0n) is 10.5. The van der Waals surface area contributed by atoms with Crippen LogP contribution in [0.1, 0.15) is 30.1 Å². The number of anilines is 1. The Morgan fingerprint density at radius 3 is 2.72 bits per heavy atom. The number of amides is 1. The Labute approximate surface area is 106 Å². The summed E-state index contributed by atoms with van der Waals surface area (Å²) in [6.07, 6.45) is 1.86. The molecular weight excluding hydrogens is 234 g/mol. The van der Waals surface area contributed by atoms with Gasteiger partial charge in [-0.05, 0) is 12.5 Å². The number of carbonyl (C=O) groups excluding carboxylic acids is 1. The minimum absolute atomic E-state index is 0.0966. The van der Waals surface area contributed by atoms with Crippen LogP contribution in [0.4, 0.5) is 11.4 Å². The molecule has 0 bridgehead atoms. The first-order valence-corrected chi connectivity index (χ1v) is 5.85. The molecule has 1 amide bonds. The first-order valence-electron chi connectivity index (χ1n) is 5.85. The number of hydrogen-bond acceptors (Lipinski definition) is 4. The lowest BCUT2D eigenvalue weighted by molar-refractivity contribution is -0.384. The monoisotopic (exact) mass is 251 g/mol. The molecule has 0 aliphatic rings. The Bertz CT molecular complexity index is 446. The van der Waals surface area contributed by atoms with Crippen molar-refractivity contribution in [2.75, 3.05) is 18.9 Å². The normalized spacial score (nSPS) is 9.89. The molecule has 0 atom stereocenters. The van der Waals surface area contributed by atoms with Gasteiger partial charge in [-0.15, -0.1) is 0 Å². The van der Waals surface area contributed by atoms with Crippen molar-refractivity contribution in [3.63, 3.8) is 0 Å². The van der Waals surface area contributed by atoms with Crippen LogP contribution in [0.15, 0.2) is 18.2 Å². The second kappa shape index (κ2) is 6.58. The van der Waals surface area contributed by atoms with E-state index in [-0.39, 0.29) is 17.3 Å². The smallest absolute Gasteiger partial charge is 0.293 e. The third-order valence-corrected chi connectivity index (χ3v) is 2.55. The van der Waals surface area contributed by atoms with Crippen LogP contribution in [-0.2, 0) is 0 Å². The Hall–Kier alpha value is -2.11. The number of para-hydroxylation sites is 1. The summed E-state index contributed by atoms with van der Waals surface area (Å²) < 4.78 is 0. The minimum atomic E-state index is -0.505. The summed E-state index contributed by atoms with van der Waals surface area (Å²) in [6, 6.07) is 4.45. The van der Waals surface area contributed by atoms with Crippen molar-refractivity contribution in [2.24, 2.45) is 0 Å². The third-order valence-electron chi connectivity index (χ3n) is 2.55. The summed E-state index contributed by atoms with van der Waals surface area (Å²) in [4.78, 5) is 22.2. The van der Waals surface area contributed by atoms with E-state index in [9.17, 15) is 14.9 Å². The molecule has 0 aromatic heterocycles. The fraction of sp³-hybridized carbons (Fsp3) is 0.417. The third kappa shape index (κ3) is 3.19. The molecule has 0 heterocycles. The molecule has 2 N–H and O–H groups in total. The van der Waals surface area contributed by atoms with Crippen molar-refractivity contribution in [1.29, 1.82) is 0 Å². The van der Waals surface area contributed by atoms with E-state index in [1.165, 1.54) is 12.1 Å². The van der Waals surface area contributed by atoms with E-state index < -0.39 is 4.92 Å². The number of nitro benzene ring substituents is 1. The van der Waals surface area contributed by atoms with Crippen molar-refractivity contribution >= 4 is 17.3 Å². The van der Waals surface area contributed by atoms with Gasteiger partial charge in [0.1, 0.15) is 5.69 Å². The molecule has 1 rings (SSSR count). The highest BCUT2D eigenvalue weighted by Gasteiger charge is 2.19. The molecule has 1 aromatic carbocycles. The maximum atomic E-state index is 11.9. The van der Waals surface area contributed by atoms with Crippen molar-refractivity contribution in [3.05, 3.63) is 33.9 Å². The highest BCUT2D eigenvalue weighted by Crippen LogP contribution is 2.27. The van der Waals surface area contributed by atoms with Gasteiger partial charge in [0.2, 0.25) is 0 Å². The van der Waals surface area contributed by atoms with Crippen molar-refractivity contribution in [3.8, 4) is 0 Å². The van der Waals surface area contributed by atoms with E-state index in [1.54, 1.807) is 13.1 Å². The van der Waals surface area contributed by atoms with Crippen molar-refractivity contribution < 1.29 is 9.72 Å². The lowest BCUT2D eigenvalue weighted by atomic mass is 10.1. The van der Waals surface area contributed by atoms with Gasteiger partial charge < -0.3 is 10.6 Å². The predicted octanol–water partition coefficient (Wildman–Crippen LogP) is 2.17. The largest absolute Gasteiger partial charge is 0.382 e. The molecule has 0 fully saturated rings. The second-order valence-electron chi connectivity index (χ2n) is 3.82. The molecule has 0 saturated heterocycles. The van der Waals surface area contributed by atoms with Gasteiger partial charge in [-0.1, -0.05) is 19.4 Å². The highest BCUT2D eigenvalue weighted by molar-refractivity contribution is 6.01. The summed E-state index contributed by atoms with van der Waals surface area (Å²) in [6.45, 7) is 2.60. The van der Waals surface area contributed by atoms with Crippen LogP contribution >= 0.6 is 0 Å². The number of rotatable bonds is 6. The second-order valence-corrected chi connectivity index (χ2v) is 3.82. The van der Waals surface area contributed by atoms with Gasteiger partial charge in [-0.2, -0.15) is 0 Å². The average Bonchev–Trinajstić information content (AvgIpc) is 2.37. The predicted molar refractivity (Wildman–Crippen MR) is 69.9 cm³/mol. The zero-order valence-corrected chi connectivity index (χ0v) is 10.5. The molecular formula is C12H17N3O3. The molecule has 6 nitrogen and oxygen atoms in total. The molecule has 0 radical (unpaired) electrons. The van der Waals surface area contributed by atoms with E-state index >= 15 is 0 Å². The van der Waals surface area contributed by atoms with Crippen LogP contribution in [0, 0.1) is 10.1 Å². The summed E-state index contributed by atoms with van der Waals surface area (Å²) in [7, 11) is 1.56. The van der Waals surface area contributed by atoms with Crippen LogP contribution < -0.4 is 10.6 Å². The first-order chi connectivity index (χ1) is 8.61.